The number of nitro groups is 1. The molecule has 0 atom stereocenters. The highest BCUT2D eigenvalue weighted by atomic mass is 35.5. The molecular formula is C17H10Cl2N4O3. The first-order valence-corrected chi connectivity index (χ1v) is 8.02. The molecule has 0 N–H and O–H groups in total. The Morgan fingerprint density at radius 3 is 2.65 bits per heavy atom. The van der Waals surface area contributed by atoms with Gasteiger partial charge in [-0.25, -0.2) is 9.67 Å². The van der Waals surface area contributed by atoms with Crippen molar-refractivity contribution in [3.8, 4) is 0 Å². The second-order valence-electron chi connectivity index (χ2n) is 5.18. The lowest BCUT2D eigenvalue weighted by atomic mass is 10.1. The monoisotopic (exact) mass is 388 g/mol. The average Bonchev–Trinajstić information content (AvgIpc) is 3.13. The summed E-state index contributed by atoms with van der Waals surface area (Å²) in [6, 6.07) is 10.4. The van der Waals surface area contributed by atoms with Crippen LogP contribution in [0.2, 0.25) is 10.0 Å². The maximum atomic E-state index is 13.0. The van der Waals surface area contributed by atoms with Gasteiger partial charge in [-0.15, -0.1) is 0 Å². The minimum atomic E-state index is -0.510. The van der Waals surface area contributed by atoms with Crippen molar-refractivity contribution >= 4 is 46.4 Å². The van der Waals surface area contributed by atoms with Gasteiger partial charge in [-0.3, -0.25) is 14.9 Å². The largest absolute Gasteiger partial charge is 0.287 e. The summed E-state index contributed by atoms with van der Waals surface area (Å²) in [5.74, 6) is -0.427. The predicted octanol–water partition coefficient (Wildman–Crippen LogP) is 4.37. The molecule has 0 saturated carbocycles. The van der Waals surface area contributed by atoms with Crippen LogP contribution in [0.1, 0.15) is 15.9 Å². The number of carbonyl (C=O) groups is 1. The maximum Gasteiger partial charge on any atom is 0.270 e. The molecule has 26 heavy (non-hydrogen) atoms. The van der Waals surface area contributed by atoms with Crippen molar-refractivity contribution < 1.29 is 9.72 Å². The second kappa shape index (κ2) is 7.47. The zero-order valence-corrected chi connectivity index (χ0v) is 14.6. The molecule has 0 aliphatic rings. The van der Waals surface area contributed by atoms with Crippen molar-refractivity contribution in [3.63, 3.8) is 0 Å². The molecule has 0 bridgehead atoms. The summed E-state index contributed by atoms with van der Waals surface area (Å²) in [7, 11) is 0. The lowest BCUT2D eigenvalue weighted by Gasteiger charge is -2.08. The SMILES string of the molecule is O=C(C(=Cc1cccc([N+](=O)[O-])c1)n1cncn1)c1ccc(Cl)cc1Cl. The summed E-state index contributed by atoms with van der Waals surface area (Å²) in [4.78, 5) is 27.3. The first kappa shape index (κ1) is 17.8. The molecule has 0 fully saturated rings. The van der Waals surface area contributed by atoms with Gasteiger partial charge in [-0.1, -0.05) is 35.3 Å². The Labute approximate surface area is 157 Å². The van der Waals surface area contributed by atoms with E-state index in [2.05, 4.69) is 10.1 Å². The summed E-state index contributed by atoms with van der Waals surface area (Å²) in [5, 5.41) is 15.5. The molecule has 0 spiro atoms. The molecular weight excluding hydrogens is 379 g/mol. The molecule has 0 unspecified atom stereocenters. The number of allylic oxidation sites excluding steroid dienone is 1. The quantitative estimate of drug-likeness (QED) is 0.280. The predicted molar refractivity (Wildman–Crippen MR) is 98.1 cm³/mol. The molecule has 0 radical (unpaired) electrons. The Bertz CT molecular complexity index is 1020. The molecule has 0 saturated heterocycles. The van der Waals surface area contributed by atoms with Crippen LogP contribution in [0.25, 0.3) is 11.8 Å². The standard InChI is InChI=1S/C17H10Cl2N4O3/c18-12-4-5-14(15(19)8-12)17(24)16(22-10-20-9-21-22)7-11-2-1-3-13(6-11)23(25)26/h1-10H. The summed E-state index contributed by atoms with van der Waals surface area (Å²) in [6.07, 6.45) is 4.11. The molecule has 0 aliphatic carbocycles. The van der Waals surface area contributed by atoms with Gasteiger partial charge in [0.15, 0.2) is 0 Å². The third-order valence-corrected chi connectivity index (χ3v) is 4.01. The number of nitrogens with zero attached hydrogens (tertiary/aromatic N) is 4. The van der Waals surface area contributed by atoms with Crippen molar-refractivity contribution in [2.24, 2.45) is 0 Å². The second-order valence-corrected chi connectivity index (χ2v) is 6.02. The van der Waals surface area contributed by atoms with Crippen LogP contribution < -0.4 is 0 Å². The first-order valence-electron chi connectivity index (χ1n) is 7.26. The van der Waals surface area contributed by atoms with E-state index in [1.807, 2.05) is 0 Å². The molecule has 0 amide bonds. The number of rotatable bonds is 5. The van der Waals surface area contributed by atoms with Gasteiger partial charge in [-0.2, -0.15) is 5.10 Å². The summed E-state index contributed by atoms with van der Waals surface area (Å²) in [6.45, 7) is 0. The van der Waals surface area contributed by atoms with Gasteiger partial charge in [0.2, 0.25) is 5.78 Å². The number of nitro benzene ring substituents is 1. The lowest BCUT2D eigenvalue weighted by Crippen LogP contribution is -2.10. The van der Waals surface area contributed by atoms with Crippen LogP contribution in [0.15, 0.2) is 55.1 Å². The fraction of sp³-hybridized carbons (Fsp3) is 0. The summed E-state index contributed by atoms with van der Waals surface area (Å²) >= 11 is 12.0. The van der Waals surface area contributed by atoms with E-state index in [4.69, 9.17) is 23.2 Å². The van der Waals surface area contributed by atoms with E-state index < -0.39 is 10.7 Å². The van der Waals surface area contributed by atoms with Crippen molar-refractivity contribution in [1.82, 2.24) is 14.8 Å². The number of halogens is 2. The molecule has 9 heteroatoms. The first-order chi connectivity index (χ1) is 12.5. The van der Waals surface area contributed by atoms with E-state index in [1.165, 1.54) is 53.7 Å². The topological polar surface area (TPSA) is 90.9 Å². The minimum Gasteiger partial charge on any atom is -0.287 e. The Kier molecular flexibility index (Phi) is 5.11. The zero-order valence-electron chi connectivity index (χ0n) is 13.0. The summed E-state index contributed by atoms with van der Waals surface area (Å²) < 4.78 is 1.27. The Morgan fingerprint density at radius 2 is 2.00 bits per heavy atom. The maximum absolute atomic E-state index is 13.0. The smallest absolute Gasteiger partial charge is 0.270 e. The number of hydrogen-bond donors (Lipinski definition) is 0. The van der Waals surface area contributed by atoms with Crippen molar-refractivity contribution in [2.75, 3.05) is 0 Å². The van der Waals surface area contributed by atoms with Crippen LogP contribution >= 0.6 is 23.2 Å². The van der Waals surface area contributed by atoms with Crippen LogP contribution in [-0.4, -0.2) is 25.5 Å². The van der Waals surface area contributed by atoms with Crippen LogP contribution in [0.4, 0.5) is 5.69 Å². The molecule has 0 aliphatic heterocycles. The van der Waals surface area contributed by atoms with Gasteiger partial charge < -0.3 is 0 Å². The van der Waals surface area contributed by atoms with Crippen molar-refractivity contribution in [2.45, 2.75) is 0 Å². The number of carbonyl (C=O) groups excluding carboxylic acids is 1. The van der Waals surface area contributed by atoms with E-state index in [0.29, 0.717) is 10.6 Å². The molecule has 3 aromatic rings. The minimum absolute atomic E-state index is 0.0892. The highest BCUT2D eigenvalue weighted by Crippen LogP contribution is 2.26. The summed E-state index contributed by atoms with van der Waals surface area (Å²) in [5.41, 5.74) is 0.729. The van der Waals surface area contributed by atoms with E-state index >= 15 is 0 Å². The van der Waals surface area contributed by atoms with E-state index in [-0.39, 0.29) is 22.0 Å². The average molecular weight is 389 g/mol. The number of aromatic nitrogens is 3. The Morgan fingerprint density at radius 1 is 1.19 bits per heavy atom. The Hall–Kier alpha value is -3.03. The molecule has 2 aromatic carbocycles. The molecule has 3 rings (SSSR count). The van der Waals surface area contributed by atoms with Crippen LogP contribution in [-0.2, 0) is 0 Å². The highest BCUT2D eigenvalue weighted by molar-refractivity contribution is 6.40. The van der Waals surface area contributed by atoms with Gasteiger partial charge in [0.25, 0.3) is 5.69 Å². The van der Waals surface area contributed by atoms with Crippen molar-refractivity contribution in [1.29, 1.82) is 0 Å². The molecule has 7 nitrogen and oxygen atoms in total. The molecule has 1 aromatic heterocycles. The number of non-ortho nitro benzene ring substituents is 1. The number of ketones is 1. The Balaban J connectivity index is 2.10. The van der Waals surface area contributed by atoms with Crippen LogP contribution in [0.5, 0.6) is 0 Å². The lowest BCUT2D eigenvalue weighted by molar-refractivity contribution is -0.384. The highest BCUT2D eigenvalue weighted by Gasteiger charge is 2.19. The number of Topliss-reactive ketones (excluding diaryl/α,β-unsaturated/α-hetero) is 1. The molecule has 1 heterocycles. The van der Waals surface area contributed by atoms with E-state index in [1.54, 1.807) is 12.1 Å². The number of benzene rings is 2. The van der Waals surface area contributed by atoms with Gasteiger partial charge >= 0.3 is 0 Å². The van der Waals surface area contributed by atoms with Gasteiger partial charge in [0.05, 0.1) is 9.95 Å². The van der Waals surface area contributed by atoms with Crippen LogP contribution in [0.3, 0.4) is 0 Å². The van der Waals surface area contributed by atoms with E-state index in [9.17, 15) is 14.9 Å². The van der Waals surface area contributed by atoms with Gasteiger partial charge in [-0.05, 0) is 29.8 Å². The zero-order chi connectivity index (χ0) is 18.7. The normalized spacial score (nSPS) is 11.4. The molecule has 130 valence electrons. The van der Waals surface area contributed by atoms with Gasteiger partial charge in [0, 0.05) is 22.7 Å². The fourth-order valence-corrected chi connectivity index (χ4v) is 2.76. The third-order valence-electron chi connectivity index (χ3n) is 3.46. The van der Waals surface area contributed by atoms with Crippen LogP contribution in [0, 0.1) is 10.1 Å². The van der Waals surface area contributed by atoms with Gasteiger partial charge in [0.1, 0.15) is 18.4 Å². The van der Waals surface area contributed by atoms with E-state index in [0.717, 1.165) is 0 Å². The fourth-order valence-electron chi connectivity index (χ4n) is 2.27. The van der Waals surface area contributed by atoms with Crippen molar-refractivity contribution in [3.05, 3.63) is 86.4 Å². The third kappa shape index (κ3) is 3.79. The number of hydrogen-bond acceptors (Lipinski definition) is 5.